The minimum absolute atomic E-state index is 0.414. The van der Waals surface area contributed by atoms with E-state index in [9.17, 15) is 9.59 Å². The van der Waals surface area contributed by atoms with Gasteiger partial charge in [0.2, 0.25) is 0 Å². The lowest BCUT2D eigenvalue weighted by atomic mass is 10.2. The SMILES string of the molecule is CCN(CCN(CCN(CC)Cc1ccccc1OC)C(=O)C(N)=O)Cc1ccccc1OC. The summed E-state index contributed by atoms with van der Waals surface area (Å²) in [6, 6.07) is 15.8. The number of ether oxygens (including phenoxy) is 2. The smallest absolute Gasteiger partial charge is 0.311 e. The fourth-order valence-electron chi connectivity index (χ4n) is 3.84. The molecule has 0 radical (unpaired) electrons. The summed E-state index contributed by atoms with van der Waals surface area (Å²) in [5, 5.41) is 0. The highest BCUT2D eigenvalue weighted by Gasteiger charge is 2.21. The molecule has 2 aromatic rings. The van der Waals surface area contributed by atoms with E-state index in [1.54, 1.807) is 19.1 Å². The summed E-state index contributed by atoms with van der Waals surface area (Å²) >= 11 is 0. The molecular formula is C26H38N4O4. The number of nitrogens with zero attached hydrogens (tertiary/aromatic N) is 3. The number of carbonyl (C=O) groups excluding carboxylic acids is 2. The first-order chi connectivity index (χ1) is 16.4. The van der Waals surface area contributed by atoms with Crippen molar-refractivity contribution >= 4 is 11.8 Å². The van der Waals surface area contributed by atoms with Crippen LogP contribution in [0.15, 0.2) is 48.5 Å². The number of carbonyl (C=O) groups is 2. The third-order valence-corrected chi connectivity index (χ3v) is 5.94. The van der Waals surface area contributed by atoms with Gasteiger partial charge in [-0.25, -0.2) is 0 Å². The van der Waals surface area contributed by atoms with Gasteiger partial charge in [-0.15, -0.1) is 0 Å². The molecule has 0 aliphatic heterocycles. The van der Waals surface area contributed by atoms with Gasteiger partial charge < -0.3 is 20.1 Å². The average Bonchev–Trinajstić information content (AvgIpc) is 2.87. The predicted octanol–water partition coefficient (Wildman–Crippen LogP) is 2.36. The molecule has 0 saturated heterocycles. The minimum atomic E-state index is -0.930. The Morgan fingerprint density at radius 1 is 0.735 bits per heavy atom. The number of rotatable bonds is 14. The Labute approximate surface area is 203 Å². The van der Waals surface area contributed by atoms with Gasteiger partial charge in [-0.3, -0.25) is 19.4 Å². The van der Waals surface area contributed by atoms with Crippen molar-refractivity contribution in [1.82, 2.24) is 14.7 Å². The van der Waals surface area contributed by atoms with E-state index < -0.39 is 11.8 Å². The van der Waals surface area contributed by atoms with E-state index >= 15 is 0 Å². The Bertz CT molecular complexity index is 860. The molecule has 34 heavy (non-hydrogen) atoms. The molecule has 0 saturated carbocycles. The van der Waals surface area contributed by atoms with Crippen LogP contribution in [0, 0.1) is 0 Å². The molecule has 0 aliphatic rings. The van der Waals surface area contributed by atoms with E-state index in [0.29, 0.717) is 39.3 Å². The zero-order valence-corrected chi connectivity index (χ0v) is 20.8. The minimum Gasteiger partial charge on any atom is -0.496 e. The van der Waals surface area contributed by atoms with Gasteiger partial charge in [-0.05, 0) is 25.2 Å². The molecule has 0 fully saturated rings. The van der Waals surface area contributed by atoms with Gasteiger partial charge in [0.05, 0.1) is 14.2 Å². The Hall–Kier alpha value is -3.10. The maximum Gasteiger partial charge on any atom is 0.311 e. The largest absolute Gasteiger partial charge is 0.496 e. The number of methoxy groups -OCH3 is 2. The van der Waals surface area contributed by atoms with E-state index in [-0.39, 0.29) is 0 Å². The van der Waals surface area contributed by atoms with Crippen LogP contribution in [0.5, 0.6) is 11.5 Å². The van der Waals surface area contributed by atoms with Crippen LogP contribution >= 0.6 is 0 Å². The van der Waals surface area contributed by atoms with Crippen molar-refractivity contribution in [3.8, 4) is 11.5 Å². The lowest BCUT2D eigenvalue weighted by Crippen LogP contribution is -2.47. The summed E-state index contributed by atoms with van der Waals surface area (Å²) in [7, 11) is 3.32. The maximum atomic E-state index is 12.5. The Morgan fingerprint density at radius 2 is 1.15 bits per heavy atom. The zero-order valence-electron chi connectivity index (χ0n) is 20.8. The molecule has 2 aromatic carbocycles. The molecule has 0 aromatic heterocycles. The average molecular weight is 471 g/mol. The Morgan fingerprint density at radius 3 is 1.50 bits per heavy atom. The first kappa shape index (κ1) is 27.1. The Kier molecular flexibility index (Phi) is 11.4. The van der Waals surface area contributed by atoms with Crippen molar-refractivity contribution in [2.45, 2.75) is 26.9 Å². The monoisotopic (exact) mass is 470 g/mol. The summed E-state index contributed by atoms with van der Waals surface area (Å²) in [6.07, 6.45) is 0. The van der Waals surface area contributed by atoms with Gasteiger partial charge >= 0.3 is 11.8 Å². The first-order valence-electron chi connectivity index (χ1n) is 11.7. The molecule has 186 valence electrons. The van der Waals surface area contributed by atoms with Gasteiger partial charge in [0.1, 0.15) is 11.5 Å². The second-order valence-electron chi connectivity index (χ2n) is 8.02. The summed E-state index contributed by atoms with van der Waals surface area (Å²) in [5.74, 6) is 0.0872. The highest BCUT2D eigenvalue weighted by Crippen LogP contribution is 2.20. The number of hydrogen-bond acceptors (Lipinski definition) is 6. The van der Waals surface area contributed by atoms with E-state index in [1.807, 2.05) is 48.5 Å². The molecule has 0 atom stereocenters. The summed E-state index contributed by atoms with van der Waals surface area (Å²) in [5.41, 5.74) is 7.50. The van der Waals surface area contributed by atoms with Crippen molar-refractivity contribution in [3.05, 3.63) is 59.7 Å². The summed E-state index contributed by atoms with van der Waals surface area (Å²) in [6.45, 7) is 9.18. The Balaban J connectivity index is 2.02. The van der Waals surface area contributed by atoms with Crippen molar-refractivity contribution in [2.75, 3.05) is 53.5 Å². The van der Waals surface area contributed by atoms with Gasteiger partial charge in [0.25, 0.3) is 0 Å². The topological polar surface area (TPSA) is 88.3 Å². The van der Waals surface area contributed by atoms with Gasteiger partial charge in [0, 0.05) is 50.4 Å². The lowest BCUT2D eigenvalue weighted by molar-refractivity contribution is -0.144. The second-order valence-corrected chi connectivity index (χ2v) is 8.02. The third kappa shape index (κ3) is 8.04. The number of hydrogen-bond donors (Lipinski definition) is 1. The molecule has 2 N–H and O–H groups in total. The van der Waals surface area contributed by atoms with E-state index in [4.69, 9.17) is 15.2 Å². The highest BCUT2D eigenvalue weighted by atomic mass is 16.5. The summed E-state index contributed by atoms with van der Waals surface area (Å²) in [4.78, 5) is 30.2. The molecule has 0 aliphatic carbocycles. The molecule has 8 nitrogen and oxygen atoms in total. The lowest BCUT2D eigenvalue weighted by Gasteiger charge is -2.29. The highest BCUT2D eigenvalue weighted by molar-refractivity contribution is 6.34. The van der Waals surface area contributed by atoms with Crippen LogP contribution in [0.3, 0.4) is 0 Å². The van der Waals surface area contributed by atoms with Crippen molar-refractivity contribution in [3.63, 3.8) is 0 Å². The quantitative estimate of drug-likeness (QED) is 0.427. The van der Waals surface area contributed by atoms with Crippen LogP contribution < -0.4 is 15.2 Å². The van der Waals surface area contributed by atoms with Crippen LogP contribution in [0.25, 0.3) is 0 Å². The number of benzene rings is 2. The molecule has 0 unspecified atom stereocenters. The number of para-hydroxylation sites is 2. The maximum absolute atomic E-state index is 12.5. The molecule has 8 heteroatoms. The fourth-order valence-corrected chi connectivity index (χ4v) is 3.84. The van der Waals surface area contributed by atoms with Crippen molar-refractivity contribution in [2.24, 2.45) is 5.73 Å². The van der Waals surface area contributed by atoms with Crippen molar-refractivity contribution in [1.29, 1.82) is 0 Å². The number of amides is 2. The second kappa shape index (κ2) is 14.2. The van der Waals surface area contributed by atoms with Gasteiger partial charge in [-0.1, -0.05) is 50.2 Å². The van der Waals surface area contributed by atoms with E-state index in [1.165, 1.54) is 0 Å². The zero-order chi connectivity index (χ0) is 24.9. The van der Waals surface area contributed by atoms with E-state index in [0.717, 1.165) is 35.7 Å². The van der Waals surface area contributed by atoms with Crippen LogP contribution in [0.4, 0.5) is 0 Å². The van der Waals surface area contributed by atoms with Gasteiger partial charge in [0.15, 0.2) is 0 Å². The van der Waals surface area contributed by atoms with Crippen LogP contribution in [-0.2, 0) is 22.7 Å². The van der Waals surface area contributed by atoms with Crippen molar-refractivity contribution < 1.29 is 19.1 Å². The third-order valence-electron chi connectivity index (χ3n) is 5.94. The van der Waals surface area contributed by atoms with Crippen LogP contribution in [0.2, 0.25) is 0 Å². The molecule has 0 spiro atoms. The van der Waals surface area contributed by atoms with Crippen LogP contribution in [-0.4, -0.2) is 80.0 Å². The number of likely N-dealkylation sites (N-methyl/N-ethyl adjacent to an activating group) is 2. The molecule has 0 heterocycles. The first-order valence-corrected chi connectivity index (χ1v) is 11.7. The summed E-state index contributed by atoms with van der Waals surface area (Å²) < 4.78 is 10.9. The predicted molar refractivity (Wildman–Crippen MR) is 134 cm³/mol. The molecule has 2 rings (SSSR count). The molecular weight excluding hydrogens is 432 g/mol. The van der Waals surface area contributed by atoms with E-state index in [2.05, 4.69) is 23.6 Å². The molecule has 0 bridgehead atoms. The van der Waals surface area contributed by atoms with Crippen LogP contribution in [0.1, 0.15) is 25.0 Å². The normalized spacial score (nSPS) is 11.0. The standard InChI is InChI=1S/C26H38N4O4/c1-5-28(19-21-11-7-9-13-23(21)33-3)15-17-30(26(32)25(27)31)18-16-29(6-2)20-22-12-8-10-14-24(22)34-4/h7-14H,5-6,15-20H2,1-4H3,(H2,27,31). The molecule has 2 amide bonds. The number of nitrogens with two attached hydrogens (primary N) is 1. The number of primary amides is 1. The van der Waals surface area contributed by atoms with Gasteiger partial charge in [-0.2, -0.15) is 0 Å². The fraction of sp³-hybridized carbons (Fsp3) is 0.462.